The van der Waals surface area contributed by atoms with Crippen LogP contribution in [0.5, 0.6) is 0 Å². The van der Waals surface area contributed by atoms with E-state index in [9.17, 15) is 14.4 Å². The molecule has 0 aliphatic heterocycles. The van der Waals surface area contributed by atoms with Crippen molar-refractivity contribution in [3.63, 3.8) is 0 Å². The highest BCUT2D eigenvalue weighted by Crippen LogP contribution is 2.32. The van der Waals surface area contributed by atoms with Gasteiger partial charge in [0.05, 0.1) is 5.52 Å². The fourth-order valence-electron chi connectivity index (χ4n) is 4.37. The van der Waals surface area contributed by atoms with Gasteiger partial charge in [-0.15, -0.1) is 5.10 Å². The first-order valence-corrected chi connectivity index (χ1v) is 12.9. The van der Waals surface area contributed by atoms with Gasteiger partial charge in [-0.25, -0.2) is 4.68 Å². The molecule has 9 nitrogen and oxygen atoms in total. The molecule has 1 aromatic heterocycles. The summed E-state index contributed by atoms with van der Waals surface area (Å²) >= 11 is 0. The molecule has 0 unspecified atom stereocenters. The Hall–Kier alpha value is -4.53. The van der Waals surface area contributed by atoms with Crippen molar-refractivity contribution >= 4 is 40.1 Å². The monoisotopic (exact) mass is 526 g/mol. The van der Waals surface area contributed by atoms with Gasteiger partial charge in [-0.1, -0.05) is 48.5 Å². The molecule has 0 bridgehead atoms. The number of aromatic nitrogens is 3. The summed E-state index contributed by atoms with van der Waals surface area (Å²) in [5.41, 5.74) is 3.60. The van der Waals surface area contributed by atoms with E-state index in [1.54, 1.807) is 28.9 Å². The molecule has 4 rings (SSSR count). The van der Waals surface area contributed by atoms with Crippen LogP contribution in [0.2, 0.25) is 0 Å². The van der Waals surface area contributed by atoms with Crippen LogP contribution in [0, 0.1) is 6.92 Å². The van der Waals surface area contributed by atoms with Crippen molar-refractivity contribution in [3.8, 4) is 0 Å². The summed E-state index contributed by atoms with van der Waals surface area (Å²) in [6.45, 7) is 9.14. The largest absolute Gasteiger partial charge is 0.349 e. The van der Waals surface area contributed by atoms with Crippen LogP contribution in [0.1, 0.15) is 51.3 Å². The second kappa shape index (κ2) is 11.5. The van der Waals surface area contributed by atoms with Gasteiger partial charge < -0.3 is 10.6 Å². The smallest absolute Gasteiger partial charge is 0.249 e. The normalized spacial score (nSPS) is 12.1. The van der Waals surface area contributed by atoms with Crippen molar-refractivity contribution in [1.29, 1.82) is 0 Å². The minimum atomic E-state index is -0.953. The lowest BCUT2D eigenvalue weighted by Crippen LogP contribution is -2.51. The number of carbonyl (C=O) groups is 3. The maximum Gasteiger partial charge on any atom is 0.249 e. The SMILES string of the molecule is CCC(C)(C)NC(=O)[C@H](c1ccccc1C)N(C(=O)Cn1nnc2ccccc21)c1ccc(NC(C)=O)cc1. The van der Waals surface area contributed by atoms with Crippen LogP contribution < -0.4 is 15.5 Å². The number of fused-ring (bicyclic) bond motifs is 1. The highest BCUT2D eigenvalue weighted by molar-refractivity contribution is 6.02. The van der Waals surface area contributed by atoms with E-state index in [2.05, 4.69) is 20.9 Å². The van der Waals surface area contributed by atoms with Gasteiger partial charge in [0.2, 0.25) is 17.7 Å². The van der Waals surface area contributed by atoms with Crippen molar-refractivity contribution < 1.29 is 14.4 Å². The average Bonchev–Trinajstić information content (AvgIpc) is 3.30. The zero-order chi connectivity index (χ0) is 28.2. The molecule has 202 valence electrons. The van der Waals surface area contributed by atoms with Gasteiger partial charge in [0.1, 0.15) is 18.1 Å². The number of hydrogen-bond donors (Lipinski definition) is 2. The second-order valence-corrected chi connectivity index (χ2v) is 10.2. The number of hydrogen-bond acceptors (Lipinski definition) is 5. The van der Waals surface area contributed by atoms with Crippen LogP contribution in [0.25, 0.3) is 11.0 Å². The third kappa shape index (κ3) is 6.31. The van der Waals surface area contributed by atoms with Gasteiger partial charge in [-0.3, -0.25) is 19.3 Å². The summed E-state index contributed by atoms with van der Waals surface area (Å²) < 4.78 is 1.54. The molecule has 3 amide bonds. The summed E-state index contributed by atoms with van der Waals surface area (Å²) in [6.07, 6.45) is 0.712. The number of benzene rings is 3. The minimum absolute atomic E-state index is 0.124. The fraction of sp³-hybridized carbons (Fsp3) is 0.300. The molecule has 0 radical (unpaired) electrons. The lowest BCUT2D eigenvalue weighted by atomic mass is 9.95. The molecule has 0 aliphatic carbocycles. The van der Waals surface area contributed by atoms with Crippen LogP contribution in [-0.2, 0) is 20.9 Å². The first-order chi connectivity index (χ1) is 18.6. The van der Waals surface area contributed by atoms with Crippen LogP contribution in [0.3, 0.4) is 0 Å². The quantitative estimate of drug-likeness (QED) is 0.326. The zero-order valence-corrected chi connectivity index (χ0v) is 22.9. The van der Waals surface area contributed by atoms with Crippen molar-refractivity contribution in [2.75, 3.05) is 10.2 Å². The summed E-state index contributed by atoms with van der Waals surface area (Å²) in [6, 6.07) is 20.9. The predicted octanol–water partition coefficient (Wildman–Crippen LogP) is 4.78. The van der Waals surface area contributed by atoms with Crippen molar-refractivity contribution in [1.82, 2.24) is 20.3 Å². The molecule has 0 saturated carbocycles. The number of carbonyl (C=O) groups excluding carboxylic acids is 3. The zero-order valence-electron chi connectivity index (χ0n) is 22.9. The van der Waals surface area contributed by atoms with Crippen LogP contribution >= 0.6 is 0 Å². The van der Waals surface area contributed by atoms with Crippen molar-refractivity contribution in [2.24, 2.45) is 0 Å². The van der Waals surface area contributed by atoms with E-state index >= 15 is 0 Å². The Bertz CT molecular complexity index is 1490. The number of rotatable bonds is 9. The van der Waals surface area contributed by atoms with E-state index in [0.717, 1.165) is 11.1 Å². The van der Waals surface area contributed by atoms with Crippen LogP contribution in [-0.4, -0.2) is 38.3 Å². The molecule has 3 aromatic carbocycles. The minimum Gasteiger partial charge on any atom is -0.349 e. The lowest BCUT2D eigenvalue weighted by Gasteiger charge is -2.35. The molecule has 0 aliphatic rings. The third-order valence-corrected chi connectivity index (χ3v) is 6.77. The summed E-state index contributed by atoms with van der Waals surface area (Å²) in [7, 11) is 0. The maximum atomic E-state index is 14.2. The molecule has 0 saturated heterocycles. The highest BCUT2D eigenvalue weighted by atomic mass is 16.2. The number of aryl methyl sites for hydroxylation is 1. The Morgan fingerprint density at radius 2 is 1.64 bits per heavy atom. The van der Waals surface area contributed by atoms with Gasteiger partial charge in [0, 0.05) is 23.8 Å². The Balaban J connectivity index is 1.83. The van der Waals surface area contributed by atoms with Gasteiger partial charge in [-0.2, -0.15) is 0 Å². The lowest BCUT2D eigenvalue weighted by molar-refractivity contribution is -0.128. The number of amides is 3. The summed E-state index contributed by atoms with van der Waals surface area (Å²) in [5, 5.41) is 14.3. The molecular weight excluding hydrogens is 492 g/mol. The number of anilines is 2. The van der Waals surface area contributed by atoms with E-state index in [0.29, 0.717) is 28.9 Å². The number of nitrogens with one attached hydrogen (secondary N) is 2. The van der Waals surface area contributed by atoms with Gasteiger partial charge in [-0.05, 0) is 74.7 Å². The average molecular weight is 527 g/mol. The Morgan fingerprint density at radius 1 is 0.974 bits per heavy atom. The van der Waals surface area contributed by atoms with E-state index in [1.165, 1.54) is 11.8 Å². The number of para-hydroxylation sites is 1. The second-order valence-electron chi connectivity index (χ2n) is 10.2. The topological polar surface area (TPSA) is 109 Å². The Labute approximate surface area is 228 Å². The molecule has 9 heteroatoms. The molecule has 4 aromatic rings. The Morgan fingerprint density at radius 3 is 2.31 bits per heavy atom. The third-order valence-electron chi connectivity index (χ3n) is 6.77. The van der Waals surface area contributed by atoms with Crippen LogP contribution in [0.4, 0.5) is 11.4 Å². The van der Waals surface area contributed by atoms with E-state index in [-0.39, 0.29) is 24.3 Å². The molecule has 1 atom stereocenters. The van der Waals surface area contributed by atoms with E-state index in [4.69, 9.17) is 0 Å². The first-order valence-electron chi connectivity index (χ1n) is 12.9. The van der Waals surface area contributed by atoms with Crippen molar-refractivity contribution in [3.05, 3.63) is 83.9 Å². The van der Waals surface area contributed by atoms with E-state index < -0.39 is 11.6 Å². The molecule has 1 heterocycles. The van der Waals surface area contributed by atoms with Crippen molar-refractivity contribution in [2.45, 2.75) is 59.2 Å². The fourth-order valence-corrected chi connectivity index (χ4v) is 4.37. The molecule has 0 spiro atoms. The first kappa shape index (κ1) is 27.5. The van der Waals surface area contributed by atoms with Gasteiger partial charge in [0.15, 0.2) is 0 Å². The van der Waals surface area contributed by atoms with Crippen LogP contribution in [0.15, 0.2) is 72.8 Å². The molecular formula is C30H34N6O3. The van der Waals surface area contributed by atoms with E-state index in [1.807, 2.05) is 76.2 Å². The number of nitrogens with zero attached hydrogens (tertiary/aromatic N) is 4. The Kier molecular flexibility index (Phi) is 8.09. The predicted molar refractivity (Wildman–Crippen MR) is 152 cm³/mol. The highest BCUT2D eigenvalue weighted by Gasteiger charge is 2.36. The standard InChI is InChI=1S/C30H34N6O3/c1-6-30(4,5)32-29(39)28(24-12-8-7-11-20(24)2)36(23-17-15-22(16-18-23)31-21(3)37)27(38)19-35-26-14-10-9-13-25(26)33-34-35/h7-18,28H,6,19H2,1-5H3,(H,31,37)(H,32,39)/t28-/m0/s1. The molecule has 2 N–H and O–H groups in total. The molecule has 0 fully saturated rings. The summed E-state index contributed by atoms with van der Waals surface area (Å²) in [4.78, 5) is 41.3. The maximum absolute atomic E-state index is 14.2. The molecule has 39 heavy (non-hydrogen) atoms. The van der Waals surface area contributed by atoms with Gasteiger partial charge in [0.25, 0.3) is 0 Å². The summed E-state index contributed by atoms with van der Waals surface area (Å²) in [5.74, 6) is -0.831. The van der Waals surface area contributed by atoms with Gasteiger partial charge >= 0.3 is 0 Å².